The number of hydrogen-bond acceptors (Lipinski definition) is 7. The van der Waals surface area contributed by atoms with Gasteiger partial charge in [-0.1, -0.05) is 12.1 Å². The van der Waals surface area contributed by atoms with Crippen LogP contribution in [0.15, 0.2) is 48.1 Å². The highest BCUT2D eigenvalue weighted by molar-refractivity contribution is 7.11. The molecule has 3 rings (SSSR count). The molecule has 0 bridgehead atoms. The molecule has 0 radical (unpaired) electrons. The molecule has 7 nitrogen and oxygen atoms in total. The van der Waals surface area contributed by atoms with E-state index >= 15 is 0 Å². The number of carbonyl (C=O) groups excluding carboxylic acids is 2. The van der Waals surface area contributed by atoms with E-state index in [1.807, 2.05) is 24.4 Å². The molecule has 2 heterocycles. The molecule has 0 aliphatic rings. The van der Waals surface area contributed by atoms with Gasteiger partial charge in [0.05, 0.1) is 24.4 Å². The zero-order valence-corrected chi connectivity index (χ0v) is 14.9. The third-order valence-corrected chi connectivity index (χ3v) is 4.32. The van der Waals surface area contributed by atoms with Crippen molar-refractivity contribution < 1.29 is 19.1 Å². The maximum atomic E-state index is 12.1. The molecule has 0 saturated heterocycles. The van der Waals surface area contributed by atoms with Gasteiger partial charge in [0.1, 0.15) is 6.61 Å². The van der Waals surface area contributed by atoms with Gasteiger partial charge in [0.25, 0.3) is 0 Å². The minimum Gasteiger partial charge on any atom is -0.461 e. The summed E-state index contributed by atoms with van der Waals surface area (Å²) in [5.41, 5.74) is 2.00. The molecule has 26 heavy (non-hydrogen) atoms. The van der Waals surface area contributed by atoms with Gasteiger partial charge in [0, 0.05) is 17.8 Å². The standard InChI is InChI=1S/C18H17N3O4S/c1-2-24-18(23)16-20-15(12-26-16)11-25-17(22)14-6-4-13(5-7-14)10-21-9-3-8-19-21/h3-9,12H,2,10-11H2,1H3. The van der Waals surface area contributed by atoms with E-state index in [1.54, 1.807) is 35.3 Å². The van der Waals surface area contributed by atoms with E-state index in [9.17, 15) is 9.59 Å². The summed E-state index contributed by atoms with van der Waals surface area (Å²) >= 11 is 1.16. The number of hydrogen-bond donors (Lipinski definition) is 0. The van der Waals surface area contributed by atoms with Crippen molar-refractivity contribution in [1.82, 2.24) is 14.8 Å². The molecule has 134 valence electrons. The van der Waals surface area contributed by atoms with Gasteiger partial charge in [0.2, 0.25) is 5.01 Å². The fraction of sp³-hybridized carbons (Fsp3) is 0.222. The molecule has 0 spiro atoms. The van der Waals surface area contributed by atoms with Gasteiger partial charge in [0.15, 0.2) is 0 Å². The van der Waals surface area contributed by atoms with Crippen LogP contribution in [0.4, 0.5) is 0 Å². The second kappa shape index (κ2) is 8.39. The molecule has 0 N–H and O–H groups in total. The third kappa shape index (κ3) is 4.54. The Morgan fingerprint density at radius 3 is 2.65 bits per heavy atom. The van der Waals surface area contributed by atoms with Crippen molar-refractivity contribution in [3.63, 3.8) is 0 Å². The van der Waals surface area contributed by atoms with Crippen LogP contribution in [0.3, 0.4) is 0 Å². The fourth-order valence-electron chi connectivity index (χ4n) is 2.21. The Morgan fingerprint density at radius 1 is 1.15 bits per heavy atom. The molecule has 1 aromatic carbocycles. The van der Waals surface area contributed by atoms with Crippen LogP contribution in [-0.2, 0) is 22.6 Å². The Morgan fingerprint density at radius 2 is 1.96 bits per heavy atom. The number of nitrogens with zero attached hydrogens (tertiary/aromatic N) is 3. The predicted molar refractivity (Wildman–Crippen MR) is 95.0 cm³/mol. The maximum absolute atomic E-state index is 12.1. The van der Waals surface area contributed by atoms with Crippen molar-refractivity contribution in [1.29, 1.82) is 0 Å². The number of rotatable bonds is 7. The van der Waals surface area contributed by atoms with Crippen molar-refractivity contribution >= 4 is 23.3 Å². The van der Waals surface area contributed by atoms with Gasteiger partial charge in [-0.3, -0.25) is 4.68 Å². The monoisotopic (exact) mass is 371 g/mol. The summed E-state index contributed by atoms with van der Waals surface area (Å²) in [5, 5.41) is 6.07. The summed E-state index contributed by atoms with van der Waals surface area (Å²) in [6.45, 7) is 2.66. The Hall–Kier alpha value is -3.00. The number of ether oxygens (including phenoxy) is 2. The lowest BCUT2D eigenvalue weighted by molar-refractivity contribution is 0.0468. The molecular formula is C18H17N3O4S. The second-order valence-corrected chi connectivity index (χ2v) is 6.20. The minimum atomic E-state index is -0.470. The largest absolute Gasteiger partial charge is 0.461 e. The molecular weight excluding hydrogens is 354 g/mol. The normalized spacial score (nSPS) is 10.5. The lowest BCUT2D eigenvalue weighted by Crippen LogP contribution is -2.07. The van der Waals surface area contributed by atoms with E-state index in [0.717, 1.165) is 16.9 Å². The molecule has 2 aromatic heterocycles. The molecule has 8 heteroatoms. The van der Waals surface area contributed by atoms with E-state index in [1.165, 1.54) is 0 Å². The van der Waals surface area contributed by atoms with E-state index in [4.69, 9.17) is 9.47 Å². The van der Waals surface area contributed by atoms with Crippen LogP contribution in [0, 0.1) is 0 Å². The lowest BCUT2D eigenvalue weighted by Gasteiger charge is -2.05. The Labute approximate surface area is 154 Å². The SMILES string of the molecule is CCOC(=O)c1nc(COC(=O)c2ccc(Cn3cccn3)cc2)cs1. The number of benzene rings is 1. The average molecular weight is 371 g/mol. The lowest BCUT2D eigenvalue weighted by atomic mass is 10.1. The topological polar surface area (TPSA) is 83.3 Å². The zero-order chi connectivity index (χ0) is 18.4. The smallest absolute Gasteiger partial charge is 0.367 e. The van der Waals surface area contributed by atoms with Crippen LogP contribution in [0.1, 0.15) is 38.3 Å². The average Bonchev–Trinajstić information content (AvgIpc) is 3.32. The Balaban J connectivity index is 1.54. The van der Waals surface area contributed by atoms with Gasteiger partial charge in [-0.05, 0) is 30.7 Å². The van der Waals surface area contributed by atoms with E-state index in [2.05, 4.69) is 10.1 Å². The molecule has 0 fully saturated rings. The minimum absolute atomic E-state index is 0.00375. The van der Waals surface area contributed by atoms with Gasteiger partial charge in [-0.15, -0.1) is 11.3 Å². The summed E-state index contributed by atoms with van der Waals surface area (Å²) in [7, 11) is 0. The molecule has 0 atom stereocenters. The number of esters is 2. The predicted octanol–water partition coefficient (Wildman–Crippen LogP) is 2.92. The molecule has 0 amide bonds. The van der Waals surface area contributed by atoms with Crippen molar-refractivity contribution in [2.45, 2.75) is 20.1 Å². The number of thiazole rings is 1. The quantitative estimate of drug-likeness (QED) is 0.594. The first kappa shape index (κ1) is 17.8. The van der Waals surface area contributed by atoms with E-state index in [0.29, 0.717) is 24.4 Å². The first-order chi connectivity index (χ1) is 12.7. The third-order valence-electron chi connectivity index (χ3n) is 3.45. The van der Waals surface area contributed by atoms with E-state index < -0.39 is 11.9 Å². The van der Waals surface area contributed by atoms with Crippen molar-refractivity contribution in [3.8, 4) is 0 Å². The number of carbonyl (C=O) groups is 2. The fourth-order valence-corrected chi connectivity index (χ4v) is 2.90. The molecule has 0 unspecified atom stereocenters. The first-order valence-corrected chi connectivity index (χ1v) is 8.88. The molecule has 3 aromatic rings. The summed E-state index contributed by atoms with van der Waals surface area (Å²) < 4.78 is 11.9. The summed E-state index contributed by atoms with van der Waals surface area (Å²) in [4.78, 5) is 27.8. The molecule has 0 aliphatic carbocycles. The van der Waals surface area contributed by atoms with Gasteiger partial charge < -0.3 is 9.47 Å². The van der Waals surface area contributed by atoms with Crippen LogP contribution >= 0.6 is 11.3 Å². The van der Waals surface area contributed by atoms with Crippen molar-refractivity contribution in [2.75, 3.05) is 6.61 Å². The number of aromatic nitrogens is 3. The zero-order valence-electron chi connectivity index (χ0n) is 14.1. The van der Waals surface area contributed by atoms with Gasteiger partial charge in [-0.25, -0.2) is 14.6 Å². The first-order valence-electron chi connectivity index (χ1n) is 8.00. The van der Waals surface area contributed by atoms with Gasteiger partial charge in [-0.2, -0.15) is 5.10 Å². The van der Waals surface area contributed by atoms with Crippen LogP contribution in [0.5, 0.6) is 0 Å². The van der Waals surface area contributed by atoms with Crippen LogP contribution in [0.25, 0.3) is 0 Å². The van der Waals surface area contributed by atoms with Crippen LogP contribution < -0.4 is 0 Å². The highest BCUT2D eigenvalue weighted by Gasteiger charge is 2.14. The van der Waals surface area contributed by atoms with Crippen molar-refractivity contribution in [3.05, 3.63) is 69.9 Å². The Bertz CT molecular complexity index is 872. The summed E-state index contributed by atoms with van der Waals surface area (Å²) in [6.07, 6.45) is 3.60. The molecule has 0 saturated carbocycles. The van der Waals surface area contributed by atoms with Crippen molar-refractivity contribution in [2.24, 2.45) is 0 Å². The van der Waals surface area contributed by atoms with Crippen LogP contribution in [0.2, 0.25) is 0 Å². The maximum Gasteiger partial charge on any atom is 0.367 e. The highest BCUT2D eigenvalue weighted by atomic mass is 32.1. The van der Waals surface area contributed by atoms with Crippen LogP contribution in [-0.4, -0.2) is 33.3 Å². The molecule has 0 aliphatic heterocycles. The Kier molecular flexibility index (Phi) is 5.75. The summed E-state index contributed by atoms with van der Waals surface area (Å²) in [5.74, 6) is -0.913. The van der Waals surface area contributed by atoms with Gasteiger partial charge >= 0.3 is 11.9 Å². The summed E-state index contributed by atoms with van der Waals surface area (Å²) in [6, 6.07) is 9.01. The van der Waals surface area contributed by atoms with E-state index in [-0.39, 0.29) is 11.6 Å². The highest BCUT2D eigenvalue weighted by Crippen LogP contribution is 2.13. The second-order valence-electron chi connectivity index (χ2n) is 5.34.